The second-order valence-electron chi connectivity index (χ2n) is 12.3. The molecule has 0 radical (unpaired) electrons. The highest BCUT2D eigenvalue weighted by Gasteiger charge is 2.19. The number of hydrogen-bond donors (Lipinski definition) is 0. The topological polar surface area (TPSA) is 81.2 Å². The van der Waals surface area contributed by atoms with E-state index in [1.807, 2.05) is 84.9 Å². The van der Waals surface area contributed by atoms with Crippen molar-refractivity contribution in [1.82, 2.24) is 9.13 Å². The molecule has 0 saturated carbocycles. The molecule has 2 heterocycles. The van der Waals surface area contributed by atoms with Gasteiger partial charge in [-0.3, -0.25) is 0 Å². The summed E-state index contributed by atoms with van der Waals surface area (Å²) in [5.74, 6) is 0. The van der Waals surface area contributed by atoms with Crippen molar-refractivity contribution in [2.24, 2.45) is 0 Å². The van der Waals surface area contributed by atoms with Gasteiger partial charge in [-0.2, -0.15) is 15.8 Å². The zero-order valence-corrected chi connectivity index (χ0v) is 26.7. The lowest BCUT2D eigenvalue weighted by Gasteiger charge is -2.17. The van der Waals surface area contributed by atoms with Crippen LogP contribution in [-0.4, -0.2) is 9.13 Å². The molecule has 50 heavy (non-hydrogen) atoms. The summed E-state index contributed by atoms with van der Waals surface area (Å²) >= 11 is 0. The average Bonchev–Trinajstić information content (AvgIpc) is 3.69. The second kappa shape index (κ2) is 11.4. The Bertz CT molecular complexity index is 2920. The number of nitrogens with zero attached hydrogens (tertiary/aromatic N) is 5. The fraction of sp³-hybridized carbons (Fsp3) is 0. The molecule has 9 aromatic rings. The quantitative estimate of drug-likeness (QED) is 0.193. The van der Waals surface area contributed by atoms with Crippen molar-refractivity contribution in [1.29, 1.82) is 15.8 Å². The summed E-state index contributed by atoms with van der Waals surface area (Å²) < 4.78 is 4.34. The van der Waals surface area contributed by atoms with Gasteiger partial charge in [0.25, 0.3) is 0 Å². The zero-order valence-electron chi connectivity index (χ0n) is 26.7. The van der Waals surface area contributed by atoms with Crippen molar-refractivity contribution in [2.45, 2.75) is 0 Å². The van der Waals surface area contributed by atoms with Crippen molar-refractivity contribution >= 4 is 43.6 Å². The van der Waals surface area contributed by atoms with Crippen LogP contribution >= 0.6 is 0 Å². The predicted molar refractivity (Wildman–Crippen MR) is 200 cm³/mol. The maximum absolute atomic E-state index is 10.4. The van der Waals surface area contributed by atoms with E-state index in [2.05, 4.69) is 94.1 Å². The fourth-order valence-electron chi connectivity index (χ4n) is 7.43. The first kappa shape index (κ1) is 28.8. The van der Waals surface area contributed by atoms with Crippen LogP contribution in [0.4, 0.5) is 0 Å². The first-order valence-electron chi connectivity index (χ1n) is 16.3. The van der Waals surface area contributed by atoms with Gasteiger partial charge in [0.1, 0.15) is 6.07 Å². The lowest BCUT2D eigenvalue weighted by molar-refractivity contribution is 1.17. The van der Waals surface area contributed by atoms with Crippen molar-refractivity contribution < 1.29 is 0 Å². The minimum absolute atomic E-state index is 0.530. The Labute approximate surface area is 287 Å². The van der Waals surface area contributed by atoms with Crippen LogP contribution in [0.2, 0.25) is 0 Å². The summed E-state index contributed by atoms with van der Waals surface area (Å²) in [5, 5.41) is 34.7. The first-order valence-corrected chi connectivity index (χ1v) is 16.3. The highest BCUT2D eigenvalue weighted by atomic mass is 15.0. The molecule has 0 spiro atoms. The van der Waals surface area contributed by atoms with E-state index >= 15 is 0 Å². The van der Waals surface area contributed by atoms with E-state index in [1.165, 1.54) is 0 Å². The molecule has 2 aromatic heterocycles. The number of benzene rings is 7. The molecule has 0 unspecified atom stereocenters. The molecule has 0 fully saturated rings. The molecule has 7 aromatic carbocycles. The Hall–Kier alpha value is -7.39. The third kappa shape index (κ3) is 4.38. The third-order valence-corrected chi connectivity index (χ3v) is 9.57. The van der Waals surface area contributed by atoms with Gasteiger partial charge in [-0.25, -0.2) is 0 Å². The minimum atomic E-state index is 0.530. The number of fused-ring (bicyclic) bond motifs is 6. The maximum atomic E-state index is 10.4. The van der Waals surface area contributed by atoms with Crippen LogP contribution in [-0.2, 0) is 0 Å². The monoisotopic (exact) mass is 635 g/mol. The normalized spacial score (nSPS) is 11.1. The van der Waals surface area contributed by atoms with Crippen LogP contribution in [0.15, 0.2) is 152 Å². The molecule has 0 N–H and O–H groups in total. The van der Waals surface area contributed by atoms with Gasteiger partial charge in [0.05, 0.1) is 56.6 Å². The summed E-state index contributed by atoms with van der Waals surface area (Å²) in [6.07, 6.45) is 0. The minimum Gasteiger partial charge on any atom is -0.309 e. The van der Waals surface area contributed by atoms with Crippen LogP contribution in [0.5, 0.6) is 0 Å². The van der Waals surface area contributed by atoms with Crippen LogP contribution < -0.4 is 0 Å². The Kier molecular flexibility index (Phi) is 6.56. The van der Waals surface area contributed by atoms with Crippen LogP contribution in [0.25, 0.3) is 77.2 Å². The molecule has 0 saturated heterocycles. The van der Waals surface area contributed by atoms with Gasteiger partial charge in [-0.05, 0) is 77.4 Å². The zero-order chi connectivity index (χ0) is 33.8. The Morgan fingerprint density at radius 1 is 0.380 bits per heavy atom. The van der Waals surface area contributed by atoms with Crippen LogP contribution in [0, 0.1) is 34.0 Å². The Balaban J connectivity index is 1.26. The molecule has 9 rings (SSSR count). The predicted octanol–water partition coefficient (Wildman–Crippen LogP) is 10.8. The number of aromatic nitrogens is 2. The smallest absolute Gasteiger partial charge is 0.101 e. The van der Waals surface area contributed by atoms with Gasteiger partial charge in [0.2, 0.25) is 0 Å². The van der Waals surface area contributed by atoms with Crippen LogP contribution in [0.1, 0.15) is 16.7 Å². The van der Waals surface area contributed by atoms with Gasteiger partial charge < -0.3 is 9.13 Å². The van der Waals surface area contributed by atoms with Gasteiger partial charge in [0.15, 0.2) is 0 Å². The van der Waals surface area contributed by atoms with E-state index in [4.69, 9.17) is 0 Å². The van der Waals surface area contributed by atoms with Gasteiger partial charge >= 0.3 is 0 Å². The van der Waals surface area contributed by atoms with E-state index in [1.54, 1.807) is 0 Å². The van der Waals surface area contributed by atoms with Crippen LogP contribution in [0.3, 0.4) is 0 Å². The van der Waals surface area contributed by atoms with E-state index < -0.39 is 0 Å². The maximum Gasteiger partial charge on any atom is 0.101 e. The van der Waals surface area contributed by atoms with Crippen molar-refractivity contribution in [3.8, 4) is 51.8 Å². The Morgan fingerprint density at radius 2 is 0.980 bits per heavy atom. The second-order valence-corrected chi connectivity index (χ2v) is 12.3. The molecule has 0 aliphatic carbocycles. The highest BCUT2D eigenvalue weighted by molar-refractivity contribution is 6.11. The lowest BCUT2D eigenvalue weighted by Crippen LogP contribution is -2.01. The summed E-state index contributed by atoms with van der Waals surface area (Å²) in [4.78, 5) is 0. The van der Waals surface area contributed by atoms with E-state index in [-0.39, 0.29) is 0 Å². The lowest BCUT2D eigenvalue weighted by atomic mass is 9.95. The van der Waals surface area contributed by atoms with E-state index in [0.717, 1.165) is 77.2 Å². The number of rotatable bonds is 4. The molecule has 0 bridgehead atoms. The average molecular weight is 636 g/mol. The molecular formula is C45H25N5. The van der Waals surface area contributed by atoms with Gasteiger partial charge in [-0.15, -0.1) is 0 Å². The van der Waals surface area contributed by atoms with E-state index in [0.29, 0.717) is 16.7 Å². The summed E-state index contributed by atoms with van der Waals surface area (Å²) in [7, 11) is 0. The van der Waals surface area contributed by atoms with Crippen molar-refractivity contribution in [2.75, 3.05) is 0 Å². The standard InChI is InChI=1S/C45H25N5/c46-26-29-19-20-40-39-14-1-4-16-41(39)49(44(40)23-29)35-22-30(27-47)21-34(25-35)31-9-7-10-32(24-31)36-15-8-11-33(28-48)45(36)50-42-17-5-2-12-37(42)38-13-3-6-18-43(38)50/h1-25H. The SMILES string of the molecule is N#Cc1cc(-c2cccc(-c3cccc(C#N)c3-n3c4ccccc4c4ccccc43)c2)cc(-n2c3ccccc3c3ccc(C#N)cc32)c1. The third-order valence-electron chi connectivity index (χ3n) is 9.57. The largest absolute Gasteiger partial charge is 0.309 e. The molecule has 0 aliphatic heterocycles. The number of hydrogen-bond acceptors (Lipinski definition) is 3. The molecule has 0 amide bonds. The molecule has 230 valence electrons. The summed E-state index contributed by atoms with van der Waals surface area (Å²) in [6.45, 7) is 0. The Morgan fingerprint density at radius 3 is 1.64 bits per heavy atom. The van der Waals surface area contributed by atoms with Crippen molar-refractivity contribution in [3.63, 3.8) is 0 Å². The molecular weight excluding hydrogens is 611 g/mol. The molecule has 5 nitrogen and oxygen atoms in total. The van der Waals surface area contributed by atoms with Gasteiger partial charge in [0, 0.05) is 32.8 Å². The summed E-state index contributed by atoms with van der Waals surface area (Å²) in [5.41, 5.74) is 11.0. The molecule has 0 atom stereocenters. The van der Waals surface area contributed by atoms with E-state index in [9.17, 15) is 15.8 Å². The molecule has 0 aliphatic rings. The fourth-order valence-corrected chi connectivity index (χ4v) is 7.43. The highest BCUT2D eigenvalue weighted by Crippen LogP contribution is 2.39. The van der Waals surface area contributed by atoms with Gasteiger partial charge in [-0.1, -0.05) is 91.0 Å². The number of para-hydroxylation sites is 4. The molecule has 5 heteroatoms. The number of nitriles is 3. The summed E-state index contributed by atoms with van der Waals surface area (Å²) in [6, 6.07) is 57.7. The van der Waals surface area contributed by atoms with Crippen molar-refractivity contribution in [3.05, 3.63) is 168 Å². The first-order chi connectivity index (χ1) is 24.7.